The third-order valence-electron chi connectivity index (χ3n) is 2.03. The predicted molar refractivity (Wildman–Crippen MR) is 53.9 cm³/mol. The first-order chi connectivity index (χ1) is 7.15. The van der Waals surface area contributed by atoms with E-state index in [2.05, 4.69) is 15.3 Å². The van der Waals surface area contributed by atoms with Crippen molar-refractivity contribution in [3.05, 3.63) is 22.7 Å². The van der Waals surface area contributed by atoms with Crippen molar-refractivity contribution in [2.45, 2.75) is 13.0 Å². The maximum absolute atomic E-state index is 11.6. The topological polar surface area (TPSA) is 64.1 Å². The average Bonchev–Trinajstić information content (AvgIpc) is 2.09. The number of carbonyl (C=O) groups is 1. The molecule has 0 bridgehead atoms. The molecule has 0 unspecified atom stereocenters. The SMILES string of the molecule is Cc1cc(C(=O)NC2COC2)nc(Cl)n1. The molecule has 0 atom stereocenters. The van der Waals surface area contributed by atoms with Crippen molar-refractivity contribution < 1.29 is 9.53 Å². The molecule has 0 radical (unpaired) electrons. The van der Waals surface area contributed by atoms with Crippen molar-refractivity contribution in [1.29, 1.82) is 0 Å². The van der Waals surface area contributed by atoms with Crippen LogP contribution in [0, 0.1) is 6.92 Å². The Morgan fingerprint density at radius 3 is 2.87 bits per heavy atom. The first-order valence-electron chi connectivity index (χ1n) is 4.55. The summed E-state index contributed by atoms with van der Waals surface area (Å²) in [5.74, 6) is -0.240. The van der Waals surface area contributed by atoms with Gasteiger partial charge in [0, 0.05) is 5.69 Å². The number of ether oxygens (including phenoxy) is 1. The molecule has 1 fully saturated rings. The molecule has 2 heterocycles. The molecule has 5 nitrogen and oxygen atoms in total. The Hall–Kier alpha value is -1.20. The zero-order chi connectivity index (χ0) is 10.8. The van der Waals surface area contributed by atoms with Crippen molar-refractivity contribution in [2.24, 2.45) is 0 Å². The van der Waals surface area contributed by atoms with Gasteiger partial charge < -0.3 is 10.1 Å². The quantitative estimate of drug-likeness (QED) is 0.751. The van der Waals surface area contributed by atoms with Gasteiger partial charge in [0.2, 0.25) is 5.28 Å². The monoisotopic (exact) mass is 227 g/mol. The number of hydrogen-bond donors (Lipinski definition) is 1. The van der Waals surface area contributed by atoms with Crippen molar-refractivity contribution in [2.75, 3.05) is 13.2 Å². The molecule has 1 N–H and O–H groups in total. The summed E-state index contributed by atoms with van der Waals surface area (Å²) in [6.45, 7) is 2.88. The van der Waals surface area contributed by atoms with Crippen LogP contribution in [0.2, 0.25) is 5.28 Å². The Morgan fingerprint density at radius 2 is 2.33 bits per heavy atom. The lowest BCUT2D eigenvalue weighted by Crippen LogP contribution is -2.48. The molecule has 1 aromatic heterocycles. The summed E-state index contributed by atoms with van der Waals surface area (Å²) in [5.41, 5.74) is 0.962. The second kappa shape index (κ2) is 4.12. The molecule has 80 valence electrons. The van der Waals surface area contributed by atoms with Crippen LogP contribution < -0.4 is 5.32 Å². The summed E-state index contributed by atoms with van der Waals surface area (Å²) in [5, 5.41) is 2.86. The fraction of sp³-hybridized carbons (Fsp3) is 0.444. The summed E-state index contributed by atoms with van der Waals surface area (Å²) >= 11 is 5.65. The van der Waals surface area contributed by atoms with E-state index in [1.54, 1.807) is 13.0 Å². The Kier molecular flexibility index (Phi) is 2.83. The number of aromatic nitrogens is 2. The van der Waals surface area contributed by atoms with Crippen molar-refractivity contribution in [3.63, 3.8) is 0 Å². The van der Waals surface area contributed by atoms with E-state index in [1.807, 2.05) is 0 Å². The summed E-state index contributed by atoms with van der Waals surface area (Å²) in [7, 11) is 0. The van der Waals surface area contributed by atoms with E-state index < -0.39 is 0 Å². The van der Waals surface area contributed by atoms with Gasteiger partial charge in [-0.3, -0.25) is 4.79 Å². The van der Waals surface area contributed by atoms with Gasteiger partial charge in [0.1, 0.15) is 5.69 Å². The number of carbonyl (C=O) groups excluding carboxylic acids is 1. The van der Waals surface area contributed by atoms with Crippen molar-refractivity contribution >= 4 is 17.5 Å². The third kappa shape index (κ3) is 2.43. The van der Waals surface area contributed by atoms with E-state index in [1.165, 1.54) is 0 Å². The van der Waals surface area contributed by atoms with Crippen LogP contribution in [-0.4, -0.2) is 35.1 Å². The van der Waals surface area contributed by atoms with Gasteiger partial charge in [-0.05, 0) is 24.6 Å². The second-order valence-electron chi connectivity index (χ2n) is 3.37. The number of halogens is 1. The van der Waals surface area contributed by atoms with Crippen molar-refractivity contribution in [1.82, 2.24) is 15.3 Å². The molecule has 6 heteroatoms. The molecular formula is C9H10ClN3O2. The fourth-order valence-electron chi connectivity index (χ4n) is 1.23. The van der Waals surface area contributed by atoms with Gasteiger partial charge in [0.15, 0.2) is 0 Å². The minimum atomic E-state index is -0.240. The Balaban J connectivity index is 2.10. The van der Waals surface area contributed by atoms with E-state index in [0.717, 1.165) is 0 Å². The highest BCUT2D eigenvalue weighted by Crippen LogP contribution is 2.07. The molecule has 1 aromatic rings. The minimum absolute atomic E-state index is 0.0880. The van der Waals surface area contributed by atoms with Crippen LogP contribution in [0.15, 0.2) is 6.07 Å². The summed E-state index contributed by atoms with van der Waals surface area (Å²) < 4.78 is 4.95. The van der Waals surface area contributed by atoms with Crippen LogP contribution in [0.3, 0.4) is 0 Å². The van der Waals surface area contributed by atoms with E-state index in [4.69, 9.17) is 16.3 Å². The lowest BCUT2D eigenvalue weighted by molar-refractivity contribution is -0.00355. The number of rotatable bonds is 2. The molecule has 0 spiro atoms. The molecule has 0 aromatic carbocycles. The van der Waals surface area contributed by atoms with Crippen LogP contribution in [0.1, 0.15) is 16.2 Å². The van der Waals surface area contributed by atoms with Crippen LogP contribution in [-0.2, 0) is 4.74 Å². The lowest BCUT2D eigenvalue weighted by Gasteiger charge is -2.26. The Bertz CT molecular complexity index is 373. The van der Waals surface area contributed by atoms with Gasteiger partial charge >= 0.3 is 0 Å². The largest absolute Gasteiger partial charge is 0.377 e. The van der Waals surface area contributed by atoms with E-state index in [9.17, 15) is 4.79 Å². The Morgan fingerprint density at radius 1 is 1.60 bits per heavy atom. The fourth-order valence-corrected chi connectivity index (χ4v) is 1.45. The van der Waals surface area contributed by atoms with Gasteiger partial charge in [-0.25, -0.2) is 9.97 Å². The minimum Gasteiger partial charge on any atom is -0.377 e. The first kappa shape index (κ1) is 10.3. The van der Waals surface area contributed by atoms with E-state index in [-0.39, 0.29) is 17.2 Å². The molecule has 0 aliphatic carbocycles. The molecule has 2 rings (SSSR count). The molecular weight excluding hydrogens is 218 g/mol. The molecule has 1 amide bonds. The van der Waals surface area contributed by atoms with Gasteiger partial charge in [-0.1, -0.05) is 0 Å². The zero-order valence-electron chi connectivity index (χ0n) is 8.16. The smallest absolute Gasteiger partial charge is 0.270 e. The molecule has 1 aliphatic heterocycles. The van der Waals surface area contributed by atoms with Crippen molar-refractivity contribution in [3.8, 4) is 0 Å². The van der Waals surface area contributed by atoms with E-state index in [0.29, 0.717) is 24.6 Å². The highest BCUT2D eigenvalue weighted by Gasteiger charge is 2.21. The molecule has 15 heavy (non-hydrogen) atoms. The number of nitrogens with one attached hydrogen (secondary N) is 1. The molecule has 1 saturated heterocycles. The van der Waals surface area contributed by atoms with Crippen LogP contribution in [0.5, 0.6) is 0 Å². The van der Waals surface area contributed by atoms with Crippen LogP contribution in [0.25, 0.3) is 0 Å². The highest BCUT2D eigenvalue weighted by molar-refractivity contribution is 6.28. The number of aryl methyl sites for hydroxylation is 1. The second-order valence-corrected chi connectivity index (χ2v) is 3.71. The van der Waals surface area contributed by atoms with Crippen LogP contribution in [0.4, 0.5) is 0 Å². The van der Waals surface area contributed by atoms with Gasteiger partial charge in [-0.15, -0.1) is 0 Å². The summed E-state index contributed by atoms with van der Waals surface area (Å²) in [6.07, 6.45) is 0. The number of hydrogen-bond acceptors (Lipinski definition) is 4. The standard InChI is InChI=1S/C9H10ClN3O2/c1-5-2-7(13-9(10)11-5)8(14)12-6-3-15-4-6/h2,6H,3-4H2,1H3,(H,12,14). The lowest BCUT2D eigenvalue weighted by atomic mass is 10.2. The number of amides is 1. The molecule has 0 saturated carbocycles. The Labute approximate surface area is 91.8 Å². The highest BCUT2D eigenvalue weighted by atomic mass is 35.5. The summed E-state index contributed by atoms with van der Waals surface area (Å²) in [4.78, 5) is 19.4. The van der Waals surface area contributed by atoms with E-state index >= 15 is 0 Å². The maximum atomic E-state index is 11.6. The maximum Gasteiger partial charge on any atom is 0.270 e. The van der Waals surface area contributed by atoms with Gasteiger partial charge in [-0.2, -0.15) is 0 Å². The molecule has 1 aliphatic rings. The van der Waals surface area contributed by atoms with Gasteiger partial charge in [0.25, 0.3) is 5.91 Å². The zero-order valence-corrected chi connectivity index (χ0v) is 8.91. The number of nitrogens with zero attached hydrogens (tertiary/aromatic N) is 2. The predicted octanol–water partition coefficient (Wildman–Crippen LogP) is 0.567. The normalized spacial score (nSPS) is 15.9. The summed E-state index contributed by atoms with van der Waals surface area (Å²) in [6, 6.07) is 1.69. The first-order valence-corrected chi connectivity index (χ1v) is 4.93. The average molecular weight is 228 g/mol. The third-order valence-corrected chi connectivity index (χ3v) is 2.20. The van der Waals surface area contributed by atoms with Crippen LogP contribution >= 0.6 is 11.6 Å². The van der Waals surface area contributed by atoms with Gasteiger partial charge in [0.05, 0.1) is 19.3 Å².